The van der Waals surface area contributed by atoms with Crippen LogP contribution in [0.15, 0.2) is 18.2 Å². The Morgan fingerprint density at radius 2 is 2.11 bits per heavy atom. The number of carboxylic acids is 1. The fraction of sp³-hybridized carbons (Fsp3) is 0.562. The number of benzene rings is 1. The van der Waals surface area contributed by atoms with Crippen LogP contribution in [0, 0.1) is 19.8 Å². The summed E-state index contributed by atoms with van der Waals surface area (Å²) in [6.45, 7) is 7.96. The van der Waals surface area contributed by atoms with Crippen molar-refractivity contribution in [3.8, 4) is 0 Å². The first-order valence-corrected chi connectivity index (χ1v) is 7.00. The van der Waals surface area contributed by atoms with Gasteiger partial charge in [0.15, 0.2) is 0 Å². The molecule has 104 valence electrons. The van der Waals surface area contributed by atoms with Gasteiger partial charge in [-0.25, -0.2) is 0 Å². The number of aryl methyl sites for hydroxylation is 2. The first-order valence-electron chi connectivity index (χ1n) is 7.00. The molecule has 0 saturated carbocycles. The summed E-state index contributed by atoms with van der Waals surface area (Å²) in [7, 11) is 0. The second-order valence-electron chi connectivity index (χ2n) is 5.87. The molecule has 0 aromatic heterocycles. The molecule has 0 amide bonds. The summed E-state index contributed by atoms with van der Waals surface area (Å²) in [5, 5.41) is 9.36. The first kappa shape index (κ1) is 14.1. The molecule has 1 aromatic carbocycles. The van der Waals surface area contributed by atoms with E-state index in [9.17, 15) is 9.90 Å². The lowest BCUT2D eigenvalue weighted by molar-refractivity contribution is -0.145. The Labute approximate surface area is 115 Å². The summed E-state index contributed by atoms with van der Waals surface area (Å²) >= 11 is 0. The molecule has 1 fully saturated rings. The van der Waals surface area contributed by atoms with E-state index in [1.807, 2.05) is 0 Å². The van der Waals surface area contributed by atoms with Crippen LogP contribution in [0.3, 0.4) is 0 Å². The van der Waals surface area contributed by atoms with E-state index in [2.05, 4.69) is 43.9 Å². The minimum absolute atomic E-state index is 0.328. The molecule has 1 N–H and O–H groups in total. The number of rotatable bonds is 3. The van der Waals surface area contributed by atoms with Gasteiger partial charge in [0.25, 0.3) is 0 Å². The van der Waals surface area contributed by atoms with Gasteiger partial charge in [0.05, 0.1) is 0 Å². The maximum absolute atomic E-state index is 11.4. The largest absolute Gasteiger partial charge is 0.480 e. The van der Waals surface area contributed by atoms with Gasteiger partial charge in [-0.15, -0.1) is 0 Å². The Morgan fingerprint density at radius 1 is 1.37 bits per heavy atom. The Bertz CT molecular complexity index is 470. The maximum Gasteiger partial charge on any atom is 0.320 e. The predicted octanol–water partition coefficient (Wildman–Crippen LogP) is 2.99. The maximum atomic E-state index is 11.4. The second-order valence-corrected chi connectivity index (χ2v) is 5.87. The molecule has 0 bridgehead atoms. The molecule has 19 heavy (non-hydrogen) atoms. The fourth-order valence-corrected chi connectivity index (χ4v) is 2.77. The molecule has 0 radical (unpaired) electrons. The van der Waals surface area contributed by atoms with Crippen molar-refractivity contribution in [1.29, 1.82) is 0 Å². The highest BCUT2D eigenvalue weighted by molar-refractivity contribution is 5.73. The molecule has 1 heterocycles. The predicted molar refractivity (Wildman–Crippen MR) is 76.1 cm³/mol. The van der Waals surface area contributed by atoms with Gasteiger partial charge in [0, 0.05) is 6.54 Å². The van der Waals surface area contributed by atoms with Crippen LogP contribution in [-0.2, 0) is 11.3 Å². The van der Waals surface area contributed by atoms with Crippen molar-refractivity contribution >= 4 is 5.97 Å². The number of nitrogens with zero attached hydrogens (tertiary/aromatic N) is 1. The van der Waals surface area contributed by atoms with E-state index in [1.165, 1.54) is 16.7 Å². The van der Waals surface area contributed by atoms with E-state index in [4.69, 9.17) is 0 Å². The van der Waals surface area contributed by atoms with Crippen LogP contribution in [0.1, 0.15) is 36.5 Å². The standard InChI is InChI=1S/C16H23NO2/c1-11-6-7-17(15(8-11)16(18)19)10-14-5-4-12(2)13(3)9-14/h4-5,9,11,15H,6-8,10H2,1-3H3,(H,18,19). The Hall–Kier alpha value is -1.35. The number of carboxylic acid groups (broad SMARTS) is 1. The first-order chi connectivity index (χ1) is 8.97. The van der Waals surface area contributed by atoms with Crippen molar-refractivity contribution in [2.75, 3.05) is 6.54 Å². The van der Waals surface area contributed by atoms with Crippen LogP contribution >= 0.6 is 0 Å². The Kier molecular flexibility index (Phi) is 4.25. The zero-order valence-corrected chi connectivity index (χ0v) is 12.0. The third-order valence-corrected chi connectivity index (χ3v) is 4.22. The molecule has 0 aliphatic carbocycles. The topological polar surface area (TPSA) is 40.5 Å². The lowest BCUT2D eigenvalue weighted by atomic mass is 9.92. The van der Waals surface area contributed by atoms with Crippen LogP contribution in [-0.4, -0.2) is 28.6 Å². The fourth-order valence-electron chi connectivity index (χ4n) is 2.77. The van der Waals surface area contributed by atoms with Crippen molar-refractivity contribution in [3.63, 3.8) is 0 Å². The lowest BCUT2D eigenvalue weighted by Crippen LogP contribution is -2.46. The molecule has 1 aromatic rings. The van der Waals surface area contributed by atoms with Crippen molar-refractivity contribution in [1.82, 2.24) is 4.90 Å². The summed E-state index contributed by atoms with van der Waals surface area (Å²) in [5.74, 6) is -0.174. The SMILES string of the molecule is Cc1ccc(CN2CCC(C)CC2C(=O)O)cc1C. The van der Waals surface area contributed by atoms with Gasteiger partial charge in [-0.2, -0.15) is 0 Å². The Balaban J connectivity index is 2.11. The van der Waals surface area contributed by atoms with Crippen molar-refractivity contribution < 1.29 is 9.90 Å². The molecule has 0 spiro atoms. The molecule has 2 atom stereocenters. The highest BCUT2D eigenvalue weighted by Gasteiger charge is 2.31. The van der Waals surface area contributed by atoms with E-state index in [0.29, 0.717) is 5.92 Å². The summed E-state index contributed by atoms with van der Waals surface area (Å²) < 4.78 is 0. The van der Waals surface area contributed by atoms with E-state index >= 15 is 0 Å². The average molecular weight is 261 g/mol. The number of hydrogen-bond donors (Lipinski definition) is 1. The molecular formula is C16H23NO2. The summed E-state index contributed by atoms with van der Waals surface area (Å²) in [5.41, 5.74) is 3.77. The van der Waals surface area contributed by atoms with Crippen molar-refractivity contribution in [2.24, 2.45) is 5.92 Å². The third kappa shape index (κ3) is 3.35. The molecule has 3 heteroatoms. The third-order valence-electron chi connectivity index (χ3n) is 4.22. The monoisotopic (exact) mass is 261 g/mol. The molecule has 1 aliphatic rings. The molecular weight excluding hydrogens is 238 g/mol. The molecule has 2 unspecified atom stereocenters. The number of aliphatic carboxylic acids is 1. The number of hydrogen-bond acceptors (Lipinski definition) is 2. The normalized spacial score (nSPS) is 24.4. The average Bonchev–Trinajstić information content (AvgIpc) is 2.36. The van der Waals surface area contributed by atoms with Crippen LogP contribution in [0.25, 0.3) is 0 Å². The van der Waals surface area contributed by atoms with Gasteiger partial charge in [-0.1, -0.05) is 25.1 Å². The highest BCUT2D eigenvalue weighted by atomic mass is 16.4. The lowest BCUT2D eigenvalue weighted by Gasteiger charge is -2.36. The molecule has 1 saturated heterocycles. The van der Waals surface area contributed by atoms with Crippen LogP contribution < -0.4 is 0 Å². The van der Waals surface area contributed by atoms with Crippen LogP contribution in [0.5, 0.6) is 0 Å². The van der Waals surface area contributed by atoms with E-state index in [1.54, 1.807) is 0 Å². The molecule has 2 rings (SSSR count). The van der Waals surface area contributed by atoms with Gasteiger partial charge < -0.3 is 5.11 Å². The molecule has 3 nitrogen and oxygen atoms in total. The van der Waals surface area contributed by atoms with Gasteiger partial charge in [0.2, 0.25) is 0 Å². The number of carbonyl (C=O) groups is 1. The summed E-state index contributed by atoms with van der Waals surface area (Å²) in [4.78, 5) is 13.5. The van der Waals surface area contributed by atoms with Crippen LogP contribution in [0.4, 0.5) is 0 Å². The van der Waals surface area contributed by atoms with E-state index < -0.39 is 5.97 Å². The van der Waals surface area contributed by atoms with Gasteiger partial charge in [0.1, 0.15) is 6.04 Å². The van der Waals surface area contributed by atoms with Crippen molar-refractivity contribution in [3.05, 3.63) is 34.9 Å². The molecule has 1 aliphatic heterocycles. The minimum Gasteiger partial charge on any atom is -0.480 e. The van der Waals surface area contributed by atoms with E-state index in [0.717, 1.165) is 25.9 Å². The quantitative estimate of drug-likeness (QED) is 0.909. The number of likely N-dealkylation sites (tertiary alicyclic amines) is 1. The number of piperidine rings is 1. The minimum atomic E-state index is -0.685. The van der Waals surface area contributed by atoms with E-state index in [-0.39, 0.29) is 6.04 Å². The summed E-state index contributed by atoms with van der Waals surface area (Å²) in [6.07, 6.45) is 1.86. The van der Waals surface area contributed by atoms with Crippen molar-refractivity contribution in [2.45, 2.75) is 46.2 Å². The second kappa shape index (κ2) is 5.74. The smallest absolute Gasteiger partial charge is 0.320 e. The van der Waals surface area contributed by atoms with Crippen LogP contribution in [0.2, 0.25) is 0 Å². The zero-order valence-electron chi connectivity index (χ0n) is 12.0. The van der Waals surface area contributed by atoms with Gasteiger partial charge >= 0.3 is 5.97 Å². The zero-order chi connectivity index (χ0) is 14.0. The van der Waals surface area contributed by atoms with Gasteiger partial charge in [-0.3, -0.25) is 9.69 Å². The van der Waals surface area contributed by atoms with Gasteiger partial charge in [-0.05, 0) is 55.8 Å². The summed E-state index contributed by atoms with van der Waals surface area (Å²) in [6, 6.07) is 6.07. The highest BCUT2D eigenvalue weighted by Crippen LogP contribution is 2.24. The Morgan fingerprint density at radius 3 is 2.74 bits per heavy atom.